The molecule has 3 fully saturated rings. The molecule has 0 aromatic rings. The van der Waals surface area contributed by atoms with E-state index in [-0.39, 0.29) is 11.3 Å². The minimum absolute atomic E-state index is 0.0383. The zero-order valence-corrected chi connectivity index (χ0v) is 9.59. The maximum Gasteiger partial charge on any atom is 0.285 e. The average Bonchev–Trinajstić information content (AvgIpc) is 2.20. The first kappa shape index (κ1) is 9.90. The molecule has 0 atom stereocenters. The molecule has 3 aliphatic rings. The van der Waals surface area contributed by atoms with Crippen molar-refractivity contribution in [3.8, 4) is 0 Å². The fourth-order valence-electron chi connectivity index (χ4n) is 1.63. The molecule has 4 heteroatoms. The number of rotatable bonds is 2. The number of ether oxygens (including phenoxy) is 3. The summed E-state index contributed by atoms with van der Waals surface area (Å²) in [7, 11) is 0. The lowest BCUT2D eigenvalue weighted by molar-refractivity contribution is -0.479. The van der Waals surface area contributed by atoms with Gasteiger partial charge in [-0.1, -0.05) is 29.8 Å². The zero-order chi connectivity index (χ0) is 9.53. The summed E-state index contributed by atoms with van der Waals surface area (Å²) >= 11 is 3.47. The second-order valence-corrected chi connectivity index (χ2v) is 4.82. The summed E-state index contributed by atoms with van der Waals surface area (Å²) in [6.45, 7) is 6.29. The maximum atomic E-state index is 5.65. The Morgan fingerprint density at radius 3 is 1.92 bits per heavy atom. The third-order valence-corrected chi connectivity index (χ3v) is 3.92. The van der Waals surface area contributed by atoms with Gasteiger partial charge in [0.15, 0.2) is 0 Å². The highest BCUT2D eigenvalue weighted by Crippen LogP contribution is 2.42. The Morgan fingerprint density at radius 1 is 1.15 bits per heavy atom. The molecule has 0 aliphatic carbocycles. The lowest BCUT2D eigenvalue weighted by Crippen LogP contribution is -2.62. The van der Waals surface area contributed by atoms with Crippen LogP contribution >= 0.6 is 15.9 Å². The van der Waals surface area contributed by atoms with E-state index in [9.17, 15) is 0 Å². The van der Waals surface area contributed by atoms with Gasteiger partial charge in [-0.15, -0.1) is 0 Å². The monoisotopic (exact) mass is 250 g/mol. The van der Waals surface area contributed by atoms with E-state index < -0.39 is 5.97 Å². The molecule has 3 rings (SSSR count). The molecule has 0 aromatic heterocycles. The van der Waals surface area contributed by atoms with Crippen LogP contribution < -0.4 is 0 Å². The SMILES string of the molecule is CC(C)C12OCC(CBr)(CO1)CO2. The smallest absolute Gasteiger partial charge is 0.285 e. The molecule has 0 radical (unpaired) electrons. The molecule has 0 N–H and O–H groups in total. The van der Waals surface area contributed by atoms with Gasteiger partial charge in [0.2, 0.25) is 0 Å². The third-order valence-electron chi connectivity index (χ3n) is 2.73. The summed E-state index contributed by atoms with van der Waals surface area (Å²) in [6.07, 6.45) is 0. The molecular weight excluding hydrogens is 236 g/mol. The molecular formula is C9H15BrO3. The molecule has 0 aromatic carbocycles. The van der Waals surface area contributed by atoms with Crippen molar-refractivity contribution in [1.82, 2.24) is 0 Å². The first-order valence-electron chi connectivity index (χ1n) is 4.60. The largest absolute Gasteiger partial charge is 0.326 e. The van der Waals surface area contributed by atoms with Gasteiger partial charge in [0, 0.05) is 11.2 Å². The standard InChI is InChI=1S/C9H15BrO3/c1-7(2)9-11-4-8(3-10,5-12-9)6-13-9/h7H,3-6H2,1-2H3. The highest BCUT2D eigenvalue weighted by atomic mass is 79.9. The number of hydrogen-bond acceptors (Lipinski definition) is 3. The lowest BCUT2D eigenvalue weighted by atomic mass is 9.90. The van der Waals surface area contributed by atoms with Crippen molar-refractivity contribution in [2.75, 3.05) is 25.2 Å². The highest BCUT2D eigenvalue weighted by molar-refractivity contribution is 9.09. The number of alkyl halides is 1. The number of halogens is 1. The first-order chi connectivity index (χ1) is 6.13. The van der Waals surface area contributed by atoms with Crippen LogP contribution in [0.15, 0.2) is 0 Å². The molecule has 76 valence electrons. The van der Waals surface area contributed by atoms with Gasteiger partial charge in [-0.25, -0.2) is 0 Å². The molecule has 0 spiro atoms. The molecule has 13 heavy (non-hydrogen) atoms. The minimum atomic E-state index is -0.760. The van der Waals surface area contributed by atoms with Crippen molar-refractivity contribution < 1.29 is 14.2 Å². The van der Waals surface area contributed by atoms with Gasteiger partial charge in [0.05, 0.1) is 25.2 Å². The van der Waals surface area contributed by atoms with Crippen LogP contribution in [0.4, 0.5) is 0 Å². The van der Waals surface area contributed by atoms with E-state index in [1.54, 1.807) is 0 Å². The van der Waals surface area contributed by atoms with Crippen LogP contribution in [0.1, 0.15) is 13.8 Å². The second-order valence-electron chi connectivity index (χ2n) is 4.26. The Labute approximate surface area is 86.9 Å². The predicted octanol–water partition coefficient (Wildman–Crippen LogP) is 1.75. The Kier molecular flexibility index (Phi) is 2.43. The summed E-state index contributed by atoms with van der Waals surface area (Å²) in [5, 5.41) is 0.869. The normalized spacial score (nSPS) is 44.3. The van der Waals surface area contributed by atoms with Crippen molar-refractivity contribution >= 4 is 15.9 Å². The fraction of sp³-hybridized carbons (Fsp3) is 1.00. The maximum absolute atomic E-state index is 5.65. The average molecular weight is 251 g/mol. The predicted molar refractivity (Wildman–Crippen MR) is 51.7 cm³/mol. The van der Waals surface area contributed by atoms with Crippen LogP contribution in [0.2, 0.25) is 0 Å². The van der Waals surface area contributed by atoms with Gasteiger partial charge in [-0.2, -0.15) is 0 Å². The fourth-order valence-corrected chi connectivity index (χ4v) is 2.11. The topological polar surface area (TPSA) is 27.7 Å². The number of hydrogen-bond donors (Lipinski definition) is 0. The Balaban J connectivity index is 2.11. The van der Waals surface area contributed by atoms with Crippen LogP contribution in [0.25, 0.3) is 0 Å². The van der Waals surface area contributed by atoms with Crippen LogP contribution in [-0.4, -0.2) is 31.1 Å². The molecule has 0 unspecified atom stereocenters. The minimum Gasteiger partial charge on any atom is -0.326 e. The van der Waals surface area contributed by atoms with Gasteiger partial charge in [-0.05, 0) is 0 Å². The van der Waals surface area contributed by atoms with E-state index in [0.717, 1.165) is 25.2 Å². The zero-order valence-electron chi connectivity index (χ0n) is 8.01. The van der Waals surface area contributed by atoms with E-state index in [1.165, 1.54) is 0 Å². The summed E-state index contributed by atoms with van der Waals surface area (Å²) in [5.41, 5.74) is 0.0383. The lowest BCUT2D eigenvalue weighted by Gasteiger charge is -2.52. The van der Waals surface area contributed by atoms with Gasteiger partial charge in [0.25, 0.3) is 5.97 Å². The van der Waals surface area contributed by atoms with Gasteiger partial charge < -0.3 is 14.2 Å². The third kappa shape index (κ3) is 1.44. The summed E-state index contributed by atoms with van der Waals surface area (Å²) < 4.78 is 16.9. The molecule has 3 heterocycles. The summed E-state index contributed by atoms with van der Waals surface area (Å²) in [4.78, 5) is 0. The van der Waals surface area contributed by atoms with E-state index in [0.29, 0.717) is 0 Å². The van der Waals surface area contributed by atoms with Crippen molar-refractivity contribution in [3.63, 3.8) is 0 Å². The molecule has 3 nitrogen and oxygen atoms in total. The van der Waals surface area contributed by atoms with Crippen LogP contribution in [0.3, 0.4) is 0 Å². The summed E-state index contributed by atoms with van der Waals surface area (Å²) in [5.74, 6) is -0.523. The van der Waals surface area contributed by atoms with Gasteiger partial charge in [-0.3, -0.25) is 0 Å². The van der Waals surface area contributed by atoms with E-state index in [1.807, 2.05) is 13.8 Å². The summed E-state index contributed by atoms with van der Waals surface area (Å²) in [6, 6.07) is 0. The van der Waals surface area contributed by atoms with Gasteiger partial charge >= 0.3 is 0 Å². The highest BCUT2D eigenvalue weighted by Gasteiger charge is 2.53. The first-order valence-corrected chi connectivity index (χ1v) is 5.72. The molecule has 2 bridgehead atoms. The molecule has 3 aliphatic heterocycles. The van der Waals surface area contributed by atoms with E-state index in [4.69, 9.17) is 14.2 Å². The van der Waals surface area contributed by atoms with Gasteiger partial charge in [0.1, 0.15) is 0 Å². The van der Waals surface area contributed by atoms with Crippen molar-refractivity contribution in [3.05, 3.63) is 0 Å². The van der Waals surface area contributed by atoms with Crippen LogP contribution in [0.5, 0.6) is 0 Å². The van der Waals surface area contributed by atoms with Crippen molar-refractivity contribution in [2.24, 2.45) is 11.3 Å². The number of fused-ring (bicyclic) bond motifs is 3. The molecule has 3 saturated heterocycles. The molecule has 0 saturated carbocycles. The Hall–Kier alpha value is 0.360. The van der Waals surface area contributed by atoms with E-state index in [2.05, 4.69) is 15.9 Å². The second kappa shape index (κ2) is 3.19. The van der Waals surface area contributed by atoms with E-state index >= 15 is 0 Å². The molecule has 0 amide bonds. The van der Waals surface area contributed by atoms with Crippen molar-refractivity contribution in [1.29, 1.82) is 0 Å². The Bertz CT molecular complexity index is 181. The van der Waals surface area contributed by atoms with Crippen LogP contribution in [0, 0.1) is 11.3 Å². The Morgan fingerprint density at radius 2 is 1.62 bits per heavy atom. The van der Waals surface area contributed by atoms with Crippen molar-refractivity contribution in [2.45, 2.75) is 19.8 Å². The quantitative estimate of drug-likeness (QED) is 0.700. The van der Waals surface area contributed by atoms with Crippen LogP contribution in [-0.2, 0) is 14.2 Å².